The average molecular weight is 492 g/mol. The maximum Gasteiger partial charge on any atom is 0.405 e. The van der Waals surface area contributed by atoms with Gasteiger partial charge in [-0.1, -0.05) is 27.2 Å². The van der Waals surface area contributed by atoms with Gasteiger partial charge in [-0.15, -0.1) is 0 Å². The number of carboxylic acid groups (broad SMARTS) is 1. The zero-order valence-electron chi connectivity index (χ0n) is 20.9. The van der Waals surface area contributed by atoms with Crippen LogP contribution < -0.4 is 11.1 Å². The molecule has 10 heteroatoms. The lowest BCUT2D eigenvalue weighted by Crippen LogP contribution is -2.50. The van der Waals surface area contributed by atoms with E-state index in [1.165, 1.54) is 0 Å². The maximum absolute atomic E-state index is 13.7. The van der Waals surface area contributed by atoms with Crippen molar-refractivity contribution in [3.8, 4) is 0 Å². The number of nitrogens with one attached hydrogen (secondary N) is 1. The number of carbonyl (C=O) groups is 2. The molecule has 0 spiro atoms. The predicted molar refractivity (Wildman–Crippen MR) is 140 cm³/mol. The smallest absolute Gasteiger partial charge is 0.405 e. The first-order chi connectivity index (χ1) is 17.3. The molecular weight excluding hydrogens is 458 g/mol. The number of allylic oxidation sites excluding steroid dienone is 1. The van der Waals surface area contributed by atoms with Crippen molar-refractivity contribution < 1.29 is 14.7 Å². The summed E-state index contributed by atoms with van der Waals surface area (Å²) in [7, 11) is 0. The molecule has 36 heavy (non-hydrogen) atoms. The molecule has 1 aliphatic heterocycles. The van der Waals surface area contributed by atoms with E-state index in [0.29, 0.717) is 41.8 Å². The molecule has 10 nitrogen and oxygen atoms in total. The third-order valence-corrected chi connectivity index (χ3v) is 6.52. The summed E-state index contributed by atoms with van der Waals surface area (Å²) in [5, 5.41) is 11.8. The van der Waals surface area contributed by atoms with E-state index >= 15 is 0 Å². The first-order valence-electron chi connectivity index (χ1n) is 12.4. The van der Waals surface area contributed by atoms with Gasteiger partial charge in [0.15, 0.2) is 11.6 Å². The lowest BCUT2D eigenvalue weighted by atomic mass is 9.84. The summed E-state index contributed by atoms with van der Waals surface area (Å²) in [5.74, 6) is 1.07. The summed E-state index contributed by atoms with van der Waals surface area (Å²) in [6, 6.07) is 2.82. The fourth-order valence-electron chi connectivity index (χ4n) is 4.81. The number of pyridine rings is 2. The number of aromatic nitrogens is 4. The van der Waals surface area contributed by atoms with Gasteiger partial charge in [0.05, 0.1) is 11.6 Å². The van der Waals surface area contributed by atoms with Gasteiger partial charge in [0.2, 0.25) is 0 Å². The molecule has 4 rings (SSSR count). The van der Waals surface area contributed by atoms with Gasteiger partial charge in [-0.3, -0.25) is 14.8 Å². The SMILES string of the molecule is CCCCc1nc2c(N)nc3cccnc3c2n1CCC1(C(=O)C(CC(C)C)NC(=O)O)C=CC=N1. The van der Waals surface area contributed by atoms with E-state index in [0.717, 1.165) is 30.6 Å². The van der Waals surface area contributed by atoms with Crippen molar-refractivity contribution in [2.75, 3.05) is 5.73 Å². The Morgan fingerprint density at radius 3 is 2.72 bits per heavy atom. The number of ketones is 1. The van der Waals surface area contributed by atoms with Crippen LogP contribution in [0.15, 0.2) is 35.5 Å². The Hall–Kier alpha value is -3.82. The third-order valence-electron chi connectivity index (χ3n) is 6.52. The van der Waals surface area contributed by atoms with E-state index in [9.17, 15) is 14.7 Å². The Bertz CT molecular complexity index is 1330. The normalized spacial score (nSPS) is 17.9. The molecule has 1 amide bonds. The lowest BCUT2D eigenvalue weighted by molar-refractivity contribution is -0.125. The second-order valence-electron chi connectivity index (χ2n) is 9.66. The van der Waals surface area contributed by atoms with Crippen LogP contribution in [0, 0.1) is 5.92 Å². The predicted octanol–water partition coefficient (Wildman–Crippen LogP) is 3.93. The second-order valence-corrected chi connectivity index (χ2v) is 9.66. The summed E-state index contributed by atoms with van der Waals surface area (Å²) in [5.41, 5.74) is 7.90. The minimum atomic E-state index is -1.22. The topological polar surface area (TPSA) is 148 Å². The Balaban J connectivity index is 1.76. The third kappa shape index (κ3) is 4.93. The van der Waals surface area contributed by atoms with Gasteiger partial charge >= 0.3 is 6.09 Å². The molecule has 0 aliphatic carbocycles. The van der Waals surface area contributed by atoms with Crippen molar-refractivity contribution in [2.24, 2.45) is 10.9 Å². The van der Waals surface area contributed by atoms with Crippen LogP contribution in [0.25, 0.3) is 22.1 Å². The molecule has 0 fully saturated rings. The highest BCUT2D eigenvalue weighted by Crippen LogP contribution is 2.32. The molecule has 0 saturated heterocycles. The summed E-state index contributed by atoms with van der Waals surface area (Å²) < 4.78 is 2.08. The lowest BCUT2D eigenvalue weighted by Gasteiger charge is -2.29. The van der Waals surface area contributed by atoms with E-state index in [-0.39, 0.29) is 11.7 Å². The standard InChI is InChI=1S/C26H33N7O3/c1-4-5-9-19-32-21-22(20-17(30-24(21)27)8-6-12-28-20)33(19)14-11-26(10-7-13-29-26)23(34)18(15-16(2)3)31-25(35)36/h6-8,10,12-13,16,18,31H,4-5,9,11,14-15H2,1-3H3,(H2,27,30)(H,35,36). The van der Waals surface area contributed by atoms with Gasteiger partial charge < -0.3 is 20.7 Å². The van der Waals surface area contributed by atoms with Crippen LogP contribution in [0.1, 0.15) is 52.3 Å². The first-order valence-corrected chi connectivity index (χ1v) is 12.4. The highest BCUT2D eigenvalue weighted by molar-refractivity contribution is 6.04. The van der Waals surface area contributed by atoms with E-state index in [1.807, 2.05) is 26.0 Å². The Morgan fingerprint density at radius 1 is 1.25 bits per heavy atom. The minimum absolute atomic E-state index is 0.128. The largest absolute Gasteiger partial charge is 0.465 e. The monoisotopic (exact) mass is 491 g/mol. The molecule has 0 bridgehead atoms. The number of aliphatic imine (C=N–C) groups is 1. The van der Waals surface area contributed by atoms with Gasteiger partial charge in [-0.05, 0) is 43.0 Å². The van der Waals surface area contributed by atoms with Gasteiger partial charge in [-0.2, -0.15) is 0 Å². The van der Waals surface area contributed by atoms with Crippen LogP contribution in [0.3, 0.4) is 0 Å². The zero-order chi connectivity index (χ0) is 25.9. The molecule has 2 atom stereocenters. The fourth-order valence-corrected chi connectivity index (χ4v) is 4.81. The van der Waals surface area contributed by atoms with Crippen molar-refractivity contribution in [1.29, 1.82) is 0 Å². The van der Waals surface area contributed by atoms with E-state index < -0.39 is 17.7 Å². The van der Waals surface area contributed by atoms with E-state index in [1.54, 1.807) is 24.6 Å². The van der Waals surface area contributed by atoms with E-state index in [2.05, 4.69) is 31.8 Å². The number of nitrogens with two attached hydrogens (primary N) is 1. The molecule has 190 valence electrons. The number of aryl methyl sites for hydroxylation is 2. The van der Waals surface area contributed by atoms with Gasteiger partial charge in [-0.25, -0.2) is 14.8 Å². The molecule has 0 radical (unpaired) electrons. The molecule has 1 aliphatic rings. The van der Waals surface area contributed by atoms with Crippen molar-refractivity contribution in [1.82, 2.24) is 24.8 Å². The number of unbranched alkanes of at least 4 members (excludes halogenated alkanes) is 1. The number of rotatable bonds is 11. The van der Waals surface area contributed by atoms with Crippen molar-refractivity contribution >= 4 is 46.0 Å². The summed E-state index contributed by atoms with van der Waals surface area (Å²) >= 11 is 0. The number of hydrogen-bond acceptors (Lipinski definition) is 7. The van der Waals surface area contributed by atoms with Crippen molar-refractivity contribution in [2.45, 2.75) is 71.0 Å². The first kappa shape index (κ1) is 25.3. The number of amides is 1. The molecule has 0 saturated carbocycles. The molecule has 4 N–H and O–H groups in total. The van der Waals surface area contributed by atoms with Crippen molar-refractivity contribution in [3.05, 3.63) is 36.3 Å². The van der Waals surface area contributed by atoms with Crippen LogP contribution in [-0.2, 0) is 17.8 Å². The Labute approximate surface area is 209 Å². The van der Waals surface area contributed by atoms with Crippen LogP contribution in [-0.4, -0.2) is 54.3 Å². The number of nitrogen functional groups attached to an aromatic ring is 1. The molecule has 2 unspecified atom stereocenters. The fraction of sp³-hybridized carbons (Fsp3) is 0.462. The van der Waals surface area contributed by atoms with Gasteiger partial charge in [0.25, 0.3) is 0 Å². The number of fused-ring (bicyclic) bond motifs is 3. The number of imidazole rings is 1. The highest BCUT2D eigenvalue weighted by atomic mass is 16.4. The van der Waals surface area contributed by atoms with Gasteiger partial charge in [0, 0.05) is 31.8 Å². The second kappa shape index (κ2) is 10.4. The van der Waals surface area contributed by atoms with Crippen LogP contribution in [0.2, 0.25) is 0 Å². The summed E-state index contributed by atoms with van der Waals surface area (Å²) in [4.78, 5) is 43.6. The Kier molecular flexibility index (Phi) is 7.32. The molecule has 4 heterocycles. The van der Waals surface area contributed by atoms with Gasteiger partial charge in [0.1, 0.15) is 27.9 Å². The molecular formula is C26H33N7O3. The number of carbonyl (C=O) groups excluding carboxylic acids is 1. The molecule has 3 aromatic rings. The van der Waals surface area contributed by atoms with Crippen molar-refractivity contribution in [3.63, 3.8) is 0 Å². The van der Waals surface area contributed by atoms with Crippen LogP contribution in [0.5, 0.6) is 0 Å². The minimum Gasteiger partial charge on any atom is -0.465 e. The maximum atomic E-state index is 13.7. The number of Topliss-reactive ketones (excluding diaryl/α,β-unsaturated/α-hetero) is 1. The van der Waals surface area contributed by atoms with Crippen LogP contribution in [0.4, 0.5) is 10.6 Å². The number of hydrogen-bond donors (Lipinski definition) is 3. The number of nitrogens with zero attached hydrogens (tertiary/aromatic N) is 5. The quantitative estimate of drug-likeness (QED) is 0.368. The summed E-state index contributed by atoms with van der Waals surface area (Å²) in [6.07, 6.45) is 9.04. The summed E-state index contributed by atoms with van der Waals surface area (Å²) in [6.45, 7) is 6.46. The zero-order valence-corrected chi connectivity index (χ0v) is 20.9. The molecule has 3 aromatic heterocycles. The average Bonchev–Trinajstić information content (AvgIpc) is 3.46. The molecule has 0 aromatic carbocycles. The number of anilines is 1. The van der Waals surface area contributed by atoms with Crippen LogP contribution >= 0.6 is 0 Å². The Morgan fingerprint density at radius 2 is 2.06 bits per heavy atom. The highest BCUT2D eigenvalue weighted by Gasteiger charge is 2.41. The van der Waals surface area contributed by atoms with E-state index in [4.69, 9.17) is 10.7 Å².